The first kappa shape index (κ1) is 9.45. The van der Waals surface area contributed by atoms with Gasteiger partial charge in [-0.05, 0) is 34.8 Å². The van der Waals surface area contributed by atoms with Gasteiger partial charge < -0.3 is 9.84 Å². The van der Waals surface area contributed by atoms with E-state index in [4.69, 9.17) is 9.84 Å². The Balaban J connectivity index is 2.21. The smallest absolute Gasteiger partial charge is 0.354 e. The van der Waals surface area contributed by atoms with Gasteiger partial charge in [0.1, 0.15) is 5.69 Å². The number of aromatic nitrogens is 1. The van der Waals surface area contributed by atoms with E-state index in [9.17, 15) is 4.79 Å². The molecule has 0 spiro atoms. The Bertz CT molecular complexity index is 376. The molecule has 1 saturated carbocycles. The van der Waals surface area contributed by atoms with Crippen molar-refractivity contribution in [3.8, 4) is 5.75 Å². The van der Waals surface area contributed by atoms with Gasteiger partial charge in [0, 0.05) is 0 Å². The standard InChI is InChI=1S/C9H8BrNO3/c10-6-3-7(9(12)13)11-4-8(6)14-5-1-2-5/h3-5H,1-2H2,(H,12,13). The van der Waals surface area contributed by atoms with E-state index >= 15 is 0 Å². The highest BCUT2D eigenvalue weighted by atomic mass is 79.9. The average molecular weight is 258 g/mol. The van der Waals surface area contributed by atoms with Gasteiger partial charge in [0.2, 0.25) is 0 Å². The van der Waals surface area contributed by atoms with Crippen LogP contribution in [0.2, 0.25) is 0 Å². The van der Waals surface area contributed by atoms with Gasteiger partial charge in [0.15, 0.2) is 5.75 Å². The zero-order valence-electron chi connectivity index (χ0n) is 7.24. The van der Waals surface area contributed by atoms with Crippen LogP contribution in [-0.2, 0) is 0 Å². The summed E-state index contributed by atoms with van der Waals surface area (Å²) in [6.07, 6.45) is 3.84. The lowest BCUT2D eigenvalue weighted by Gasteiger charge is -2.06. The fraction of sp³-hybridized carbons (Fsp3) is 0.333. The van der Waals surface area contributed by atoms with Crippen LogP contribution in [0, 0.1) is 0 Å². The molecule has 1 heterocycles. The van der Waals surface area contributed by atoms with Crippen molar-refractivity contribution in [1.82, 2.24) is 4.98 Å². The lowest BCUT2D eigenvalue weighted by Crippen LogP contribution is -2.02. The first-order valence-electron chi connectivity index (χ1n) is 4.22. The van der Waals surface area contributed by atoms with Crippen LogP contribution in [-0.4, -0.2) is 22.2 Å². The van der Waals surface area contributed by atoms with Crippen molar-refractivity contribution in [1.29, 1.82) is 0 Å². The first-order valence-corrected chi connectivity index (χ1v) is 5.01. The third kappa shape index (κ3) is 2.04. The normalized spacial score (nSPS) is 15.2. The van der Waals surface area contributed by atoms with Gasteiger partial charge in [-0.2, -0.15) is 0 Å². The van der Waals surface area contributed by atoms with Gasteiger partial charge in [-0.1, -0.05) is 0 Å². The number of rotatable bonds is 3. The molecule has 1 aliphatic rings. The molecule has 2 rings (SSSR count). The lowest BCUT2D eigenvalue weighted by molar-refractivity contribution is 0.0690. The SMILES string of the molecule is O=C(O)c1cc(Br)c(OC2CC2)cn1. The van der Waals surface area contributed by atoms with Crippen LogP contribution < -0.4 is 4.74 Å². The first-order chi connectivity index (χ1) is 6.66. The maximum Gasteiger partial charge on any atom is 0.354 e. The molecule has 0 aliphatic heterocycles. The number of pyridine rings is 1. The molecule has 0 saturated heterocycles. The average Bonchev–Trinajstić information content (AvgIpc) is 2.92. The van der Waals surface area contributed by atoms with E-state index in [0.29, 0.717) is 10.2 Å². The summed E-state index contributed by atoms with van der Waals surface area (Å²) in [5.74, 6) is -0.429. The highest BCUT2D eigenvalue weighted by Crippen LogP contribution is 2.31. The van der Waals surface area contributed by atoms with Gasteiger partial charge in [0.05, 0.1) is 16.8 Å². The number of carboxylic acid groups (broad SMARTS) is 1. The topological polar surface area (TPSA) is 59.4 Å². The highest BCUT2D eigenvalue weighted by molar-refractivity contribution is 9.10. The van der Waals surface area contributed by atoms with Gasteiger partial charge >= 0.3 is 5.97 Å². The number of nitrogens with zero attached hydrogens (tertiary/aromatic N) is 1. The summed E-state index contributed by atoms with van der Waals surface area (Å²) in [5, 5.41) is 8.67. The maximum atomic E-state index is 10.6. The third-order valence-electron chi connectivity index (χ3n) is 1.86. The summed E-state index contributed by atoms with van der Waals surface area (Å²) in [7, 11) is 0. The van der Waals surface area contributed by atoms with E-state index in [1.54, 1.807) is 0 Å². The Morgan fingerprint density at radius 1 is 1.64 bits per heavy atom. The second-order valence-electron chi connectivity index (χ2n) is 3.12. The van der Waals surface area contributed by atoms with Crippen LogP contribution in [0.3, 0.4) is 0 Å². The molecule has 74 valence electrons. The highest BCUT2D eigenvalue weighted by Gasteiger charge is 2.24. The quantitative estimate of drug-likeness (QED) is 0.901. The molecular formula is C9H8BrNO3. The molecular weight excluding hydrogens is 250 g/mol. The molecule has 1 N–H and O–H groups in total. The molecule has 5 heteroatoms. The molecule has 1 aliphatic carbocycles. The Kier molecular flexibility index (Phi) is 2.41. The molecule has 4 nitrogen and oxygen atoms in total. The molecule has 0 unspecified atom stereocenters. The van der Waals surface area contributed by atoms with E-state index in [2.05, 4.69) is 20.9 Å². The summed E-state index contributed by atoms with van der Waals surface area (Å²) >= 11 is 3.24. The summed E-state index contributed by atoms with van der Waals surface area (Å²) < 4.78 is 6.12. The van der Waals surface area contributed by atoms with E-state index in [1.165, 1.54) is 12.3 Å². The van der Waals surface area contributed by atoms with Crippen LogP contribution in [0.1, 0.15) is 23.3 Å². The second kappa shape index (κ2) is 3.57. The number of hydrogen-bond acceptors (Lipinski definition) is 3. The molecule has 1 aromatic rings. The van der Waals surface area contributed by atoms with Crippen molar-refractivity contribution in [2.45, 2.75) is 18.9 Å². The second-order valence-corrected chi connectivity index (χ2v) is 3.98. The van der Waals surface area contributed by atoms with Crippen molar-refractivity contribution in [3.63, 3.8) is 0 Å². The zero-order chi connectivity index (χ0) is 10.1. The van der Waals surface area contributed by atoms with E-state index in [1.807, 2.05) is 0 Å². The number of hydrogen-bond donors (Lipinski definition) is 1. The third-order valence-corrected chi connectivity index (χ3v) is 2.48. The van der Waals surface area contributed by atoms with Gasteiger partial charge in [0.25, 0.3) is 0 Å². The fourth-order valence-electron chi connectivity index (χ4n) is 0.987. The Labute approximate surface area is 89.0 Å². The van der Waals surface area contributed by atoms with Gasteiger partial charge in [-0.15, -0.1) is 0 Å². The van der Waals surface area contributed by atoms with Crippen molar-refractivity contribution < 1.29 is 14.6 Å². The lowest BCUT2D eigenvalue weighted by atomic mass is 10.3. The fourth-order valence-corrected chi connectivity index (χ4v) is 1.40. The molecule has 1 fully saturated rings. The monoisotopic (exact) mass is 257 g/mol. The van der Waals surface area contributed by atoms with Crippen LogP contribution >= 0.6 is 15.9 Å². The largest absolute Gasteiger partial charge is 0.488 e. The van der Waals surface area contributed by atoms with Crippen molar-refractivity contribution in [2.75, 3.05) is 0 Å². The molecule has 0 bridgehead atoms. The van der Waals surface area contributed by atoms with Crippen LogP contribution in [0.5, 0.6) is 5.75 Å². The van der Waals surface area contributed by atoms with Crippen LogP contribution in [0.4, 0.5) is 0 Å². The number of aromatic carboxylic acids is 1. The van der Waals surface area contributed by atoms with Crippen molar-refractivity contribution in [3.05, 3.63) is 22.4 Å². The minimum atomic E-state index is -1.04. The van der Waals surface area contributed by atoms with Crippen LogP contribution in [0.25, 0.3) is 0 Å². The maximum absolute atomic E-state index is 10.6. The predicted molar refractivity (Wildman–Crippen MR) is 52.5 cm³/mol. The number of halogens is 1. The molecule has 1 aromatic heterocycles. The summed E-state index contributed by atoms with van der Waals surface area (Å²) in [4.78, 5) is 14.3. The van der Waals surface area contributed by atoms with Crippen LogP contribution in [0.15, 0.2) is 16.7 Å². The van der Waals surface area contributed by atoms with E-state index < -0.39 is 5.97 Å². The predicted octanol–water partition coefficient (Wildman–Crippen LogP) is 2.08. The number of ether oxygens (including phenoxy) is 1. The van der Waals surface area contributed by atoms with Crippen molar-refractivity contribution in [2.24, 2.45) is 0 Å². The molecule has 0 radical (unpaired) electrons. The Hall–Kier alpha value is -1.10. The summed E-state index contributed by atoms with van der Waals surface area (Å²) in [6.45, 7) is 0. The van der Waals surface area contributed by atoms with Gasteiger partial charge in [-0.25, -0.2) is 9.78 Å². The van der Waals surface area contributed by atoms with E-state index in [-0.39, 0.29) is 11.8 Å². The summed E-state index contributed by atoms with van der Waals surface area (Å²) in [6, 6.07) is 1.44. The van der Waals surface area contributed by atoms with E-state index in [0.717, 1.165) is 12.8 Å². The molecule has 0 atom stereocenters. The molecule has 0 aromatic carbocycles. The molecule has 0 amide bonds. The summed E-state index contributed by atoms with van der Waals surface area (Å²) in [5.41, 5.74) is 0.0139. The minimum Gasteiger partial charge on any atom is -0.488 e. The van der Waals surface area contributed by atoms with Gasteiger partial charge in [-0.3, -0.25) is 0 Å². The van der Waals surface area contributed by atoms with Crippen molar-refractivity contribution >= 4 is 21.9 Å². The Morgan fingerprint density at radius 2 is 2.36 bits per heavy atom. The molecule has 14 heavy (non-hydrogen) atoms. The Morgan fingerprint density at radius 3 is 2.86 bits per heavy atom. The number of carbonyl (C=O) groups is 1. The zero-order valence-corrected chi connectivity index (χ0v) is 8.82. The minimum absolute atomic E-state index is 0.0139. The number of carboxylic acids is 1.